The molecule has 0 aliphatic rings. The SMILES string of the molecule is C[C@@H](c1nn(-c2ccncc2)c2cc(F)ccc12)n1cnc2nc[nH]c2c1=N. The van der Waals surface area contributed by atoms with Crippen LogP contribution in [0.1, 0.15) is 18.7 Å². The van der Waals surface area contributed by atoms with Crippen LogP contribution >= 0.6 is 0 Å². The van der Waals surface area contributed by atoms with Crippen LogP contribution in [-0.2, 0) is 0 Å². The number of benzene rings is 1. The molecule has 2 N–H and O–H groups in total. The van der Waals surface area contributed by atoms with Crippen molar-refractivity contribution in [3.8, 4) is 5.69 Å². The third kappa shape index (κ3) is 2.40. The van der Waals surface area contributed by atoms with E-state index in [0.717, 1.165) is 11.1 Å². The lowest BCUT2D eigenvalue weighted by Crippen LogP contribution is -2.25. The fraction of sp³-hybridized carbons (Fsp3) is 0.105. The lowest BCUT2D eigenvalue weighted by Gasteiger charge is -2.14. The largest absolute Gasteiger partial charge is 0.340 e. The second kappa shape index (κ2) is 6.08. The van der Waals surface area contributed by atoms with E-state index in [0.29, 0.717) is 22.4 Å². The van der Waals surface area contributed by atoms with Crippen molar-refractivity contribution in [2.75, 3.05) is 0 Å². The minimum absolute atomic E-state index is 0.253. The topological polar surface area (TPSA) is 101 Å². The van der Waals surface area contributed by atoms with Gasteiger partial charge in [-0.3, -0.25) is 10.4 Å². The standard InChI is InChI=1S/C19H15FN8/c1-11(27-10-25-19-17(18(27)21)23-9-24-19)16-14-3-2-12(20)8-15(14)28(26-16)13-4-6-22-7-5-13/h2-11,21H,1H3,(H,23,24)/t11-/m0/s1. The number of hydrogen-bond acceptors (Lipinski definition) is 5. The molecule has 0 amide bonds. The lowest BCUT2D eigenvalue weighted by molar-refractivity contribution is 0.576. The highest BCUT2D eigenvalue weighted by Crippen LogP contribution is 2.28. The fourth-order valence-electron chi connectivity index (χ4n) is 3.39. The van der Waals surface area contributed by atoms with E-state index in [2.05, 4.69) is 19.9 Å². The van der Waals surface area contributed by atoms with Crippen molar-refractivity contribution in [2.24, 2.45) is 0 Å². The molecule has 0 bridgehead atoms. The summed E-state index contributed by atoms with van der Waals surface area (Å²) in [4.78, 5) is 15.4. The van der Waals surface area contributed by atoms with E-state index in [1.165, 1.54) is 18.5 Å². The number of pyridine rings is 1. The fourth-order valence-corrected chi connectivity index (χ4v) is 3.39. The van der Waals surface area contributed by atoms with E-state index in [9.17, 15) is 4.39 Å². The molecule has 0 saturated heterocycles. The van der Waals surface area contributed by atoms with Crippen LogP contribution in [0.4, 0.5) is 4.39 Å². The van der Waals surface area contributed by atoms with Gasteiger partial charge in [-0.15, -0.1) is 0 Å². The molecule has 5 rings (SSSR count). The molecule has 0 aliphatic heterocycles. The maximum Gasteiger partial charge on any atom is 0.182 e. The zero-order valence-corrected chi connectivity index (χ0v) is 14.8. The maximum atomic E-state index is 14.0. The van der Waals surface area contributed by atoms with Crippen LogP contribution < -0.4 is 5.49 Å². The summed E-state index contributed by atoms with van der Waals surface area (Å²) in [5, 5.41) is 14.1. The molecule has 8 nitrogen and oxygen atoms in total. The van der Waals surface area contributed by atoms with Gasteiger partial charge in [0.05, 0.1) is 35.6 Å². The van der Waals surface area contributed by atoms with E-state index in [-0.39, 0.29) is 17.3 Å². The lowest BCUT2D eigenvalue weighted by atomic mass is 10.1. The van der Waals surface area contributed by atoms with Gasteiger partial charge in [0.25, 0.3) is 0 Å². The molecule has 0 aliphatic carbocycles. The van der Waals surface area contributed by atoms with Crippen molar-refractivity contribution >= 4 is 22.1 Å². The van der Waals surface area contributed by atoms with E-state index < -0.39 is 0 Å². The monoisotopic (exact) mass is 374 g/mol. The summed E-state index contributed by atoms with van der Waals surface area (Å²) in [5.41, 5.74) is 3.44. The van der Waals surface area contributed by atoms with Crippen LogP contribution in [-0.4, -0.2) is 34.3 Å². The van der Waals surface area contributed by atoms with Crippen molar-refractivity contribution in [1.82, 2.24) is 34.3 Å². The Hall–Kier alpha value is -3.88. The van der Waals surface area contributed by atoms with E-state index >= 15 is 0 Å². The number of halogens is 1. The van der Waals surface area contributed by atoms with Gasteiger partial charge < -0.3 is 9.55 Å². The molecule has 28 heavy (non-hydrogen) atoms. The van der Waals surface area contributed by atoms with Crippen molar-refractivity contribution in [3.05, 3.63) is 72.4 Å². The first-order chi connectivity index (χ1) is 13.6. The molecule has 4 heterocycles. The highest BCUT2D eigenvalue weighted by molar-refractivity contribution is 5.84. The Balaban J connectivity index is 1.74. The van der Waals surface area contributed by atoms with Crippen LogP contribution in [0.15, 0.2) is 55.4 Å². The number of nitrogens with zero attached hydrogens (tertiary/aromatic N) is 6. The summed E-state index contributed by atoms with van der Waals surface area (Å²) < 4.78 is 17.4. The van der Waals surface area contributed by atoms with Gasteiger partial charge in [-0.25, -0.2) is 19.0 Å². The third-order valence-electron chi connectivity index (χ3n) is 4.81. The molecule has 9 heteroatoms. The second-order valence-electron chi connectivity index (χ2n) is 6.44. The number of imidazole rings is 1. The first kappa shape index (κ1) is 16.3. The Bertz CT molecular complexity index is 1370. The molecule has 0 spiro atoms. The van der Waals surface area contributed by atoms with Gasteiger partial charge in [-0.1, -0.05) is 0 Å². The molecule has 1 aromatic carbocycles. The van der Waals surface area contributed by atoms with Crippen LogP contribution in [0.3, 0.4) is 0 Å². The predicted octanol–water partition coefficient (Wildman–Crippen LogP) is 2.72. The Morgan fingerprint density at radius 1 is 1.14 bits per heavy atom. The number of aromatic amines is 1. The van der Waals surface area contributed by atoms with E-state index in [4.69, 9.17) is 10.5 Å². The summed E-state index contributed by atoms with van der Waals surface area (Å²) in [5.74, 6) is -0.337. The van der Waals surface area contributed by atoms with Crippen molar-refractivity contribution in [1.29, 1.82) is 5.41 Å². The normalized spacial score (nSPS) is 12.6. The number of aromatic nitrogens is 7. The third-order valence-corrected chi connectivity index (χ3v) is 4.81. The molecular weight excluding hydrogens is 359 g/mol. The average molecular weight is 374 g/mol. The maximum absolute atomic E-state index is 14.0. The van der Waals surface area contributed by atoms with Gasteiger partial charge >= 0.3 is 0 Å². The molecule has 138 valence electrons. The number of hydrogen-bond donors (Lipinski definition) is 2. The van der Waals surface area contributed by atoms with Gasteiger partial charge in [0.1, 0.15) is 11.3 Å². The molecule has 1 atom stereocenters. The molecule has 0 radical (unpaired) electrons. The summed E-state index contributed by atoms with van der Waals surface area (Å²) in [6, 6.07) is 7.92. The zero-order valence-electron chi connectivity index (χ0n) is 14.8. The molecule has 0 unspecified atom stereocenters. The Morgan fingerprint density at radius 2 is 1.96 bits per heavy atom. The molecule has 4 aromatic heterocycles. The van der Waals surface area contributed by atoms with Gasteiger partial charge in [0.15, 0.2) is 11.1 Å². The van der Waals surface area contributed by atoms with E-state index in [1.807, 2.05) is 19.1 Å². The van der Waals surface area contributed by atoms with Gasteiger partial charge in [-0.05, 0) is 31.2 Å². The summed E-state index contributed by atoms with van der Waals surface area (Å²) >= 11 is 0. The summed E-state index contributed by atoms with van der Waals surface area (Å²) in [7, 11) is 0. The molecule has 0 saturated carbocycles. The smallest absolute Gasteiger partial charge is 0.182 e. The Labute approximate surface area is 157 Å². The van der Waals surface area contributed by atoms with E-state index in [1.54, 1.807) is 34.0 Å². The van der Waals surface area contributed by atoms with Crippen molar-refractivity contribution in [2.45, 2.75) is 13.0 Å². The summed E-state index contributed by atoms with van der Waals surface area (Å²) in [6.07, 6.45) is 6.42. The predicted molar refractivity (Wildman–Crippen MR) is 100 cm³/mol. The first-order valence-electron chi connectivity index (χ1n) is 8.67. The summed E-state index contributed by atoms with van der Waals surface area (Å²) in [6.45, 7) is 1.93. The van der Waals surface area contributed by atoms with Gasteiger partial charge in [0.2, 0.25) is 0 Å². The Kier molecular flexibility index (Phi) is 3.54. The number of H-pyrrole nitrogens is 1. The van der Waals surface area contributed by atoms with Crippen LogP contribution in [0.2, 0.25) is 0 Å². The van der Waals surface area contributed by atoms with Crippen LogP contribution in [0.25, 0.3) is 27.8 Å². The Morgan fingerprint density at radius 3 is 2.79 bits per heavy atom. The van der Waals surface area contributed by atoms with Gasteiger partial charge in [0, 0.05) is 23.8 Å². The minimum Gasteiger partial charge on any atom is -0.340 e. The molecular formula is C19H15FN8. The number of fused-ring (bicyclic) bond motifs is 2. The van der Waals surface area contributed by atoms with Crippen molar-refractivity contribution < 1.29 is 4.39 Å². The molecule has 5 aromatic rings. The minimum atomic E-state index is -0.337. The quantitative estimate of drug-likeness (QED) is 0.507. The van der Waals surface area contributed by atoms with Crippen LogP contribution in [0.5, 0.6) is 0 Å². The average Bonchev–Trinajstić information content (AvgIpc) is 3.33. The highest BCUT2D eigenvalue weighted by atomic mass is 19.1. The zero-order chi connectivity index (χ0) is 19.3. The van der Waals surface area contributed by atoms with Crippen molar-refractivity contribution in [3.63, 3.8) is 0 Å². The second-order valence-corrected chi connectivity index (χ2v) is 6.44. The number of nitrogens with one attached hydrogen (secondary N) is 2. The first-order valence-corrected chi connectivity index (χ1v) is 8.67. The molecule has 0 fully saturated rings. The van der Waals surface area contributed by atoms with Gasteiger partial charge in [-0.2, -0.15) is 5.10 Å². The highest BCUT2D eigenvalue weighted by Gasteiger charge is 2.20. The van der Waals surface area contributed by atoms with Crippen LogP contribution in [0, 0.1) is 11.2 Å². The number of rotatable bonds is 3.